The van der Waals surface area contributed by atoms with Gasteiger partial charge in [0.25, 0.3) is 0 Å². The monoisotopic (exact) mass is 262 g/mol. The van der Waals surface area contributed by atoms with E-state index in [1.165, 1.54) is 38.5 Å². The molecule has 5 nitrogen and oxygen atoms in total. The van der Waals surface area contributed by atoms with E-state index in [9.17, 15) is 0 Å². The Balaban J connectivity index is 1.40. The van der Waals surface area contributed by atoms with Crippen molar-refractivity contribution in [1.29, 1.82) is 0 Å². The average molecular weight is 262 g/mol. The van der Waals surface area contributed by atoms with Crippen molar-refractivity contribution in [2.24, 2.45) is 35.4 Å². The number of aromatic nitrogens is 2. The van der Waals surface area contributed by atoms with Gasteiger partial charge in [0.05, 0.1) is 0 Å². The van der Waals surface area contributed by atoms with Gasteiger partial charge in [0.15, 0.2) is 0 Å². The Kier molecular flexibility index (Phi) is 2.76. The molecule has 3 N–H and O–H groups in total. The maximum atomic E-state index is 5.42. The van der Waals surface area contributed by atoms with Crippen molar-refractivity contribution in [2.75, 3.05) is 5.43 Å². The second-order valence-corrected chi connectivity index (χ2v) is 6.78. The van der Waals surface area contributed by atoms with E-state index in [1.54, 1.807) is 0 Å². The minimum absolute atomic E-state index is 0.320. The van der Waals surface area contributed by atoms with Gasteiger partial charge in [0, 0.05) is 6.42 Å². The zero-order chi connectivity index (χ0) is 12.8. The van der Waals surface area contributed by atoms with E-state index in [-0.39, 0.29) is 0 Å². The van der Waals surface area contributed by atoms with E-state index < -0.39 is 0 Å². The van der Waals surface area contributed by atoms with Crippen molar-refractivity contribution in [3.63, 3.8) is 0 Å². The lowest BCUT2D eigenvalue weighted by Gasteiger charge is -2.54. The fourth-order valence-corrected chi connectivity index (χ4v) is 5.21. The smallest absolute Gasteiger partial charge is 0.330 e. The standard InChI is InChI=1S/C14H22N4O/c15-16-14-18-17-13(19-14)2-1-12-10-4-8-3-9(6-10)7-11(12)5-8/h8-12H,1-7,15H2,(H,16,18). The summed E-state index contributed by atoms with van der Waals surface area (Å²) in [4.78, 5) is 0. The quantitative estimate of drug-likeness (QED) is 0.643. The Labute approximate surface area is 113 Å². The molecule has 1 aromatic heterocycles. The first-order valence-corrected chi connectivity index (χ1v) is 7.61. The summed E-state index contributed by atoms with van der Waals surface area (Å²) in [5.41, 5.74) is 2.40. The molecule has 104 valence electrons. The third-order valence-electron chi connectivity index (χ3n) is 5.70. The van der Waals surface area contributed by atoms with Crippen molar-refractivity contribution >= 4 is 6.01 Å². The van der Waals surface area contributed by atoms with Crippen LogP contribution in [0.3, 0.4) is 0 Å². The fourth-order valence-electron chi connectivity index (χ4n) is 5.21. The highest BCUT2D eigenvalue weighted by atomic mass is 16.4. The molecule has 4 aliphatic rings. The zero-order valence-corrected chi connectivity index (χ0v) is 11.2. The predicted octanol–water partition coefficient (Wildman–Crippen LogP) is 2.36. The van der Waals surface area contributed by atoms with Gasteiger partial charge < -0.3 is 4.42 Å². The minimum atomic E-state index is 0.320. The number of hydrogen-bond acceptors (Lipinski definition) is 5. The SMILES string of the molecule is NNc1nnc(CCC2C3CC4CC(C3)CC2C4)o1. The van der Waals surface area contributed by atoms with Crippen LogP contribution in [0.4, 0.5) is 6.01 Å². The van der Waals surface area contributed by atoms with Gasteiger partial charge in [0.1, 0.15) is 0 Å². The summed E-state index contributed by atoms with van der Waals surface area (Å²) in [5.74, 6) is 10.9. The molecule has 1 aromatic rings. The number of nitrogens with two attached hydrogens (primary N) is 1. The molecule has 0 aromatic carbocycles. The zero-order valence-electron chi connectivity index (χ0n) is 11.2. The van der Waals surface area contributed by atoms with E-state index in [2.05, 4.69) is 15.6 Å². The lowest BCUT2D eigenvalue weighted by molar-refractivity contribution is -0.0399. The van der Waals surface area contributed by atoms with Crippen molar-refractivity contribution < 1.29 is 4.42 Å². The summed E-state index contributed by atoms with van der Waals surface area (Å²) in [6.07, 6.45) is 9.57. The molecule has 4 aliphatic carbocycles. The van der Waals surface area contributed by atoms with Crippen molar-refractivity contribution in [2.45, 2.75) is 44.9 Å². The normalized spacial score (nSPS) is 39.7. The average Bonchev–Trinajstić information content (AvgIpc) is 2.85. The van der Waals surface area contributed by atoms with E-state index in [1.807, 2.05) is 0 Å². The molecule has 5 heteroatoms. The largest absolute Gasteiger partial charge is 0.407 e. The number of rotatable bonds is 4. The van der Waals surface area contributed by atoms with Crippen LogP contribution in [0.25, 0.3) is 0 Å². The molecule has 4 fully saturated rings. The van der Waals surface area contributed by atoms with Crippen LogP contribution < -0.4 is 11.3 Å². The topological polar surface area (TPSA) is 77.0 Å². The molecule has 0 unspecified atom stereocenters. The first-order chi connectivity index (χ1) is 9.31. The number of nitrogens with zero attached hydrogens (tertiary/aromatic N) is 2. The lowest BCUT2D eigenvalue weighted by atomic mass is 9.51. The molecule has 4 bridgehead atoms. The van der Waals surface area contributed by atoms with Crippen molar-refractivity contribution in [3.05, 3.63) is 5.89 Å². The predicted molar refractivity (Wildman–Crippen MR) is 71.0 cm³/mol. The van der Waals surface area contributed by atoms with Gasteiger partial charge in [-0.05, 0) is 68.1 Å². The summed E-state index contributed by atoms with van der Waals surface area (Å²) < 4.78 is 5.42. The number of hydrogen-bond donors (Lipinski definition) is 2. The Morgan fingerprint density at radius 3 is 2.32 bits per heavy atom. The van der Waals surface area contributed by atoms with E-state index in [0.29, 0.717) is 6.01 Å². The minimum Gasteiger partial charge on any atom is -0.407 e. The number of nitrogens with one attached hydrogen (secondary N) is 1. The second kappa shape index (κ2) is 4.47. The van der Waals surface area contributed by atoms with E-state index in [4.69, 9.17) is 10.3 Å². The van der Waals surface area contributed by atoms with E-state index >= 15 is 0 Å². The maximum absolute atomic E-state index is 5.42. The Morgan fingerprint density at radius 1 is 1.05 bits per heavy atom. The molecule has 0 atom stereocenters. The Morgan fingerprint density at radius 2 is 1.74 bits per heavy atom. The first-order valence-electron chi connectivity index (χ1n) is 7.61. The molecular weight excluding hydrogens is 240 g/mol. The third-order valence-corrected chi connectivity index (χ3v) is 5.70. The Hall–Kier alpha value is -1.10. The summed E-state index contributed by atoms with van der Waals surface area (Å²) >= 11 is 0. The summed E-state index contributed by atoms with van der Waals surface area (Å²) in [7, 11) is 0. The van der Waals surface area contributed by atoms with Crippen LogP contribution in [0, 0.1) is 29.6 Å². The highest BCUT2D eigenvalue weighted by molar-refractivity contribution is 5.13. The summed E-state index contributed by atoms with van der Waals surface area (Å²) in [6.45, 7) is 0. The fraction of sp³-hybridized carbons (Fsp3) is 0.857. The van der Waals surface area contributed by atoms with Crippen molar-refractivity contribution in [3.8, 4) is 0 Å². The summed E-state index contributed by atoms with van der Waals surface area (Å²) in [6, 6.07) is 0.320. The third kappa shape index (κ3) is 2.04. The number of aryl methyl sites for hydroxylation is 1. The van der Waals surface area contributed by atoms with Gasteiger partial charge in [-0.2, -0.15) is 0 Å². The van der Waals surface area contributed by atoms with Gasteiger partial charge in [-0.25, -0.2) is 5.84 Å². The second-order valence-electron chi connectivity index (χ2n) is 6.78. The Bertz CT molecular complexity index is 430. The molecule has 4 saturated carbocycles. The van der Waals surface area contributed by atoms with Gasteiger partial charge in [-0.3, -0.25) is 5.43 Å². The van der Waals surface area contributed by atoms with Crippen LogP contribution in [-0.2, 0) is 6.42 Å². The molecule has 0 saturated heterocycles. The van der Waals surface area contributed by atoms with Crippen LogP contribution in [-0.4, -0.2) is 10.2 Å². The first kappa shape index (κ1) is 11.7. The molecular formula is C14H22N4O. The maximum Gasteiger partial charge on any atom is 0.330 e. The molecule has 0 spiro atoms. The van der Waals surface area contributed by atoms with E-state index in [0.717, 1.165) is 41.9 Å². The highest BCUT2D eigenvalue weighted by Gasteiger charge is 2.47. The van der Waals surface area contributed by atoms with Gasteiger partial charge in [-0.15, -0.1) is 5.10 Å². The van der Waals surface area contributed by atoms with Gasteiger partial charge in [-0.1, -0.05) is 5.10 Å². The summed E-state index contributed by atoms with van der Waals surface area (Å²) in [5, 5.41) is 7.87. The molecule has 0 aliphatic heterocycles. The van der Waals surface area contributed by atoms with Crippen LogP contribution in [0.5, 0.6) is 0 Å². The van der Waals surface area contributed by atoms with Crippen LogP contribution in [0.15, 0.2) is 4.42 Å². The molecule has 0 radical (unpaired) electrons. The molecule has 1 heterocycles. The molecule has 19 heavy (non-hydrogen) atoms. The number of anilines is 1. The van der Waals surface area contributed by atoms with Crippen LogP contribution >= 0.6 is 0 Å². The number of hydrazine groups is 1. The van der Waals surface area contributed by atoms with Gasteiger partial charge in [0.2, 0.25) is 5.89 Å². The van der Waals surface area contributed by atoms with Crippen molar-refractivity contribution in [1.82, 2.24) is 10.2 Å². The highest BCUT2D eigenvalue weighted by Crippen LogP contribution is 2.57. The molecule has 0 amide bonds. The van der Waals surface area contributed by atoms with Crippen LogP contribution in [0.1, 0.15) is 44.4 Å². The molecule has 5 rings (SSSR count). The number of nitrogen functional groups attached to an aromatic ring is 1. The lowest BCUT2D eigenvalue weighted by Crippen LogP contribution is -2.45. The van der Waals surface area contributed by atoms with Gasteiger partial charge >= 0.3 is 6.01 Å². The van der Waals surface area contributed by atoms with Crippen LogP contribution in [0.2, 0.25) is 0 Å².